The molecular weight excluding hydrogens is 474 g/mol. The van der Waals surface area contributed by atoms with Gasteiger partial charge in [0.05, 0.1) is 30.3 Å². The summed E-state index contributed by atoms with van der Waals surface area (Å²) in [5, 5.41) is 6.52. The van der Waals surface area contributed by atoms with E-state index in [-0.39, 0.29) is 0 Å². The number of carbonyl (C=O) groups is 1. The predicted molar refractivity (Wildman–Crippen MR) is 136 cm³/mol. The number of ether oxygens (including phenoxy) is 1. The van der Waals surface area contributed by atoms with Gasteiger partial charge in [0, 0.05) is 37.0 Å². The number of anilines is 2. The zero-order valence-corrected chi connectivity index (χ0v) is 21.6. The minimum atomic E-state index is -3.57. The lowest BCUT2D eigenvalue weighted by Gasteiger charge is -2.37. The van der Waals surface area contributed by atoms with Crippen LogP contribution >= 0.6 is 11.3 Å². The summed E-state index contributed by atoms with van der Waals surface area (Å²) in [4.78, 5) is 22.0. The van der Waals surface area contributed by atoms with Crippen molar-refractivity contribution in [3.8, 4) is 5.75 Å². The van der Waals surface area contributed by atoms with E-state index < -0.39 is 21.3 Å². The van der Waals surface area contributed by atoms with E-state index in [4.69, 9.17) is 9.73 Å². The molecule has 0 spiro atoms. The van der Waals surface area contributed by atoms with Gasteiger partial charge in [-0.05, 0) is 25.1 Å². The molecule has 2 aliphatic heterocycles. The van der Waals surface area contributed by atoms with Crippen LogP contribution in [-0.2, 0) is 14.8 Å². The van der Waals surface area contributed by atoms with Gasteiger partial charge in [-0.2, -0.15) is 0 Å². The molecule has 1 saturated heterocycles. The van der Waals surface area contributed by atoms with E-state index in [0.717, 1.165) is 66.0 Å². The van der Waals surface area contributed by atoms with E-state index in [9.17, 15) is 13.2 Å². The highest BCUT2D eigenvalue weighted by Gasteiger charge is 2.32. The summed E-state index contributed by atoms with van der Waals surface area (Å²) in [6.45, 7) is 7.48. The molecule has 2 aromatic rings. The minimum absolute atomic E-state index is 0.468. The average molecular weight is 506 g/mol. The maximum Gasteiger partial charge on any atom is 0.239 e. The van der Waals surface area contributed by atoms with Crippen LogP contribution in [0.5, 0.6) is 5.75 Å². The van der Waals surface area contributed by atoms with Gasteiger partial charge in [-0.15, -0.1) is 11.3 Å². The van der Waals surface area contributed by atoms with Gasteiger partial charge in [-0.1, -0.05) is 26.0 Å². The Kier molecular flexibility index (Phi) is 6.88. The molecule has 0 radical (unpaired) electrons. The van der Waals surface area contributed by atoms with Crippen LogP contribution < -0.4 is 14.8 Å². The second-order valence-electron chi connectivity index (χ2n) is 9.25. The number of amidine groups is 1. The molecule has 1 fully saturated rings. The van der Waals surface area contributed by atoms with Crippen molar-refractivity contribution in [2.24, 2.45) is 10.4 Å². The number of methoxy groups -OCH3 is 1. The normalized spacial score (nSPS) is 16.6. The number of nitrogens with zero attached hydrogens (tertiary/aromatic N) is 3. The largest absolute Gasteiger partial charge is 0.495 e. The molecule has 2 aliphatic rings. The fraction of sp³-hybridized carbons (Fsp3) is 0.478. The van der Waals surface area contributed by atoms with Crippen LogP contribution in [0.15, 0.2) is 34.6 Å². The Bertz CT molecular complexity index is 1200. The lowest BCUT2D eigenvalue weighted by atomic mass is 9.88. The number of para-hydroxylation sites is 2. The van der Waals surface area contributed by atoms with Crippen LogP contribution in [0.4, 0.5) is 16.4 Å². The number of hydrogen-bond acceptors (Lipinski definition) is 9. The summed E-state index contributed by atoms with van der Waals surface area (Å²) in [6.07, 6.45) is 1.56. The van der Waals surface area contributed by atoms with E-state index >= 15 is 0 Å². The maximum atomic E-state index is 12.3. The molecule has 3 heterocycles. The van der Waals surface area contributed by atoms with E-state index in [0.29, 0.717) is 13.0 Å². The molecule has 1 amide bonds. The van der Waals surface area contributed by atoms with E-state index in [2.05, 4.69) is 19.8 Å². The SMILES string of the molecule is COc1csc2c1C(N1CCN(CCC(C)(C)C(=O)NS(C)(=O)=O)CC1)=Nc1ccccc1N2. The number of aliphatic imine (C=N–C) groups is 1. The van der Waals surface area contributed by atoms with Gasteiger partial charge < -0.3 is 15.0 Å². The standard InChI is InChI=1S/C23H31N5O4S2/c1-23(2,22(29)26-34(4,30)31)9-10-27-11-13-28(14-12-27)20-19-18(32-3)15-33-21(19)25-17-8-6-5-7-16(17)24-20/h5-8,15,25H,9-14H2,1-4H3,(H,26,29). The van der Waals surface area contributed by atoms with Crippen molar-refractivity contribution < 1.29 is 17.9 Å². The number of piperazine rings is 1. The third kappa shape index (κ3) is 5.37. The first-order valence-electron chi connectivity index (χ1n) is 11.2. The highest BCUT2D eigenvalue weighted by atomic mass is 32.2. The number of nitrogens with one attached hydrogen (secondary N) is 2. The van der Waals surface area contributed by atoms with Crippen LogP contribution in [0.1, 0.15) is 25.8 Å². The molecule has 0 unspecified atom stereocenters. The minimum Gasteiger partial charge on any atom is -0.495 e. The van der Waals surface area contributed by atoms with Gasteiger partial charge in [-0.25, -0.2) is 13.4 Å². The molecule has 9 nitrogen and oxygen atoms in total. The van der Waals surface area contributed by atoms with Gasteiger partial charge in [0.25, 0.3) is 0 Å². The Morgan fingerprint density at radius 2 is 1.94 bits per heavy atom. The summed E-state index contributed by atoms with van der Waals surface area (Å²) in [5.74, 6) is 1.24. The smallest absolute Gasteiger partial charge is 0.239 e. The number of fused-ring (bicyclic) bond motifs is 2. The van der Waals surface area contributed by atoms with E-state index in [1.807, 2.05) is 29.6 Å². The van der Waals surface area contributed by atoms with Gasteiger partial charge in [-0.3, -0.25) is 14.4 Å². The fourth-order valence-corrected chi connectivity index (χ4v) is 5.57. The number of amides is 1. The van der Waals surface area contributed by atoms with Crippen LogP contribution in [0, 0.1) is 5.41 Å². The summed E-state index contributed by atoms with van der Waals surface area (Å²) < 4.78 is 30.6. The molecule has 4 rings (SSSR count). The molecule has 0 aliphatic carbocycles. The zero-order chi connectivity index (χ0) is 24.5. The topological polar surface area (TPSA) is 103 Å². The summed E-state index contributed by atoms with van der Waals surface area (Å²) in [5.41, 5.74) is 2.07. The molecule has 34 heavy (non-hydrogen) atoms. The third-order valence-electron chi connectivity index (χ3n) is 6.20. The molecule has 11 heteroatoms. The Labute approximate surface area is 204 Å². The predicted octanol–water partition coefficient (Wildman–Crippen LogP) is 3.00. The first-order chi connectivity index (χ1) is 16.1. The van der Waals surface area contributed by atoms with Crippen LogP contribution in [0.25, 0.3) is 0 Å². The van der Waals surface area contributed by atoms with E-state index in [1.54, 1.807) is 32.3 Å². The number of hydrogen-bond donors (Lipinski definition) is 2. The van der Waals surface area contributed by atoms with Crippen molar-refractivity contribution in [1.82, 2.24) is 14.5 Å². The summed E-state index contributed by atoms with van der Waals surface area (Å²) >= 11 is 1.60. The Morgan fingerprint density at radius 3 is 2.62 bits per heavy atom. The Hall–Kier alpha value is -2.63. The molecule has 1 aromatic heterocycles. The van der Waals surface area contributed by atoms with Gasteiger partial charge in [0.1, 0.15) is 16.6 Å². The molecule has 2 N–H and O–H groups in total. The van der Waals surface area contributed by atoms with Gasteiger partial charge in [0.2, 0.25) is 15.9 Å². The van der Waals surface area contributed by atoms with Crippen molar-refractivity contribution in [3.05, 3.63) is 35.2 Å². The Balaban J connectivity index is 1.45. The van der Waals surface area contributed by atoms with Crippen molar-refractivity contribution in [2.75, 3.05) is 51.4 Å². The number of benzene rings is 1. The molecule has 184 valence electrons. The number of rotatable bonds is 6. The van der Waals surface area contributed by atoms with Crippen molar-refractivity contribution in [3.63, 3.8) is 0 Å². The molecular formula is C23H31N5O4S2. The van der Waals surface area contributed by atoms with Crippen LogP contribution in [-0.4, -0.2) is 76.0 Å². The van der Waals surface area contributed by atoms with Crippen molar-refractivity contribution in [1.29, 1.82) is 0 Å². The Morgan fingerprint density at radius 1 is 1.24 bits per heavy atom. The first-order valence-corrected chi connectivity index (χ1v) is 13.9. The van der Waals surface area contributed by atoms with Crippen LogP contribution in [0.3, 0.4) is 0 Å². The van der Waals surface area contributed by atoms with Crippen molar-refractivity contribution in [2.45, 2.75) is 20.3 Å². The lowest BCUT2D eigenvalue weighted by Crippen LogP contribution is -2.50. The van der Waals surface area contributed by atoms with Gasteiger partial charge in [0.15, 0.2) is 0 Å². The summed E-state index contributed by atoms with van der Waals surface area (Å²) in [6, 6.07) is 8.01. The second kappa shape index (κ2) is 9.55. The van der Waals surface area contributed by atoms with Crippen molar-refractivity contribution >= 4 is 49.5 Å². The lowest BCUT2D eigenvalue weighted by molar-refractivity contribution is -0.128. The highest BCUT2D eigenvalue weighted by molar-refractivity contribution is 7.89. The average Bonchev–Trinajstić information content (AvgIpc) is 3.10. The maximum absolute atomic E-state index is 12.3. The number of carbonyl (C=O) groups excluding carboxylic acids is 1. The first kappa shape index (κ1) is 24.5. The molecule has 0 saturated carbocycles. The quantitative estimate of drug-likeness (QED) is 0.622. The molecule has 1 aromatic carbocycles. The van der Waals surface area contributed by atoms with E-state index in [1.165, 1.54) is 0 Å². The molecule has 0 atom stereocenters. The monoisotopic (exact) mass is 505 g/mol. The summed E-state index contributed by atoms with van der Waals surface area (Å²) in [7, 11) is -1.89. The second-order valence-corrected chi connectivity index (χ2v) is 11.9. The zero-order valence-electron chi connectivity index (χ0n) is 19.9. The highest BCUT2D eigenvalue weighted by Crippen LogP contribution is 2.42. The number of sulfonamides is 1. The van der Waals surface area contributed by atoms with Crippen LogP contribution in [0.2, 0.25) is 0 Å². The third-order valence-corrected chi connectivity index (χ3v) is 7.63. The fourth-order valence-electron chi connectivity index (χ4n) is 4.04. The molecule has 0 bridgehead atoms. The van der Waals surface area contributed by atoms with Gasteiger partial charge >= 0.3 is 0 Å². The number of thiophene rings is 1.